The van der Waals surface area contributed by atoms with Crippen molar-refractivity contribution in [2.75, 3.05) is 39.5 Å². The van der Waals surface area contributed by atoms with Crippen molar-refractivity contribution in [2.24, 2.45) is 0 Å². The molecule has 0 bridgehead atoms. The molecule has 7 nitrogen and oxygen atoms in total. The lowest BCUT2D eigenvalue weighted by molar-refractivity contribution is -0.0227. The van der Waals surface area contributed by atoms with Crippen LogP contribution in [0.25, 0.3) is 0 Å². The number of carbonyl (C=O) groups excluding carboxylic acids is 1. The average molecular weight is 410 g/mol. The first kappa shape index (κ1) is 24.2. The summed E-state index contributed by atoms with van der Waals surface area (Å²) in [4.78, 5) is 11.4. The average Bonchev–Trinajstić information content (AvgIpc) is 2.67. The van der Waals surface area contributed by atoms with Gasteiger partial charge in [0, 0.05) is 31.3 Å². The van der Waals surface area contributed by atoms with Gasteiger partial charge in [0.15, 0.2) is 4.93 Å². The maximum atomic E-state index is 12.3. The van der Waals surface area contributed by atoms with Crippen LogP contribution in [-0.2, 0) is 9.47 Å². The Hall–Kier alpha value is -1.79. The maximum Gasteiger partial charge on any atom is 0.251 e. The van der Waals surface area contributed by atoms with Gasteiger partial charge in [-0.1, -0.05) is 19.9 Å². The van der Waals surface area contributed by atoms with Gasteiger partial charge >= 0.3 is 0 Å². The summed E-state index contributed by atoms with van der Waals surface area (Å²) in [5, 5.41) is 17.2. The van der Waals surface area contributed by atoms with Crippen LogP contribution in [-0.4, -0.2) is 56.4 Å². The molecule has 0 aliphatic rings. The minimum absolute atomic E-state index is 0.155. The van der Waals surface area contributed by atoms with Crippen LogP contribution >= 0.6 is 11.8 Å². The van der Waals surface area contributed by atoms with Crippen molar-refractivity contribution >= 4 is 17.7 Å². The van der Waals surface area contributed by atoms with Gasteiger partial charge < -0.3 is 24.8 Å². The molecule has 1 aromatic carbocycles. The number of amides is 1. The number of hydrogen-bond donors (Lipinski definition) is 2. The van der Waals surface area contributed by atoms with E-state index in [-0.39, 0.29) is 12.5 Å². The zero-order valence-corrected chi connectivity index (χ0v) is 17.9. The molecule has 0 aliphatic carbocycles. The molecule has 0 radical (unpaired) electrons. The molecule has 0 aromatic heterocycles. The molecule has 0 aliphatic heterocycles. The van der Waals surface area contributed by atoms with E-state index in [1.165, 1.54) is 0 Å². The van der Waals surface area contributed by atoms with E-state index in [9.17, 15) is 4.79 Å². The molecule has 1 amide bonds. The van der Waals surface area contributed by atoms with Gasteiger partial charge in [0.05, 0.1) is 13.2 Å². The molecule has 156 valence electrons. The Kier molecular flexibility index (Phi) is 11.6. The van der Waals surface area contributed by atoms with E-state index >= 15 is 0 Å². The highest BCUT2D eigenvalue weighted by Gasteiger charge is 2.27. The Balaban J connectivity index is 2.57. The van der Waals surface area contributed by atoms with Gasteiger partial charge in [-0.15, -0.1) is 0 Å². The summed E-state index contributed by atoms with van der Waals surface area (Å²) in [5.41, 5.74) is 0.522. The Morgan fingerprint density at radius 3 is 2.79 bits per heavy atom. The highest BCUT2D eigenvalue weighted by molar-refractivity contribution is 8.04. The number of nitrogens with one attached hydrogen (secondary N) is 2. The fraction of sp³-hybridized carbons (Fsp3) is 0.600. The summed E-state index contributed by atoms with van der Waals surface area (Å²) in [6, 6.07) is 7.34. The minimum atomic E-state index is -0.827. The van der Waals surface area contributed by atoms with Gasteiger partial charge in [0.2, 0.25) is 0 Å². The maximum absolute atomic E-state index is 12.3. The molecule has 1 rings (SSSR count). The molecule has 1 aromatic rings. The van der Waals surface area contributed by atoms with Crippen LogP contribution in [0.4, 0.5) is 0 Å². The van der Waals surface area contributed by atoms with Crippen molar-refractivity contribution in [2.45, 2.75) is 38.7 Å². The molecule has 0 spiro atoms. The zero-order chi connectivity index (χ0) is 20.8. The molecule has 28 heavy (non-hydrogen) atoms. The van der Waals surface area contributed by atoms with E-state index in [1.54, 1.807) is 31.2 Å². The van der Waals surface area contributed by atoms with E-state index < -0.39 is 4.93 Å². The molecule has 8 heteroatoms. The van der Waals surface area contributed by atoms with Crippen molar-refractivity contribution in [3.63, 3.8) is 0 Å². The van der Waals surface area contributed by atoms with Gasteiger partial charge in [0.1, 0.15) is 17.8 Å². The molecule has 0 heterocycles. The van der Waals surface area contributed by atoms with Crippen LogP contribution in [0.1, 0.15) is 38.1 Å². The Labute approximate surface area is 172 Å². The third kappa shape index (κ3) is 9.95. The Bertz CT molecular complexity index is 636. The van der Waals surface area contributed by atoms with E-state index in [0.29, 0.717) is 50.3 Å². The van der Waals surface area contributed by atoms with Crippen LogP contribution in [0, 0.1) is 10.7 Å². The van der Waals surface area contributed by atoms with Gasteiger partial charge in [-0.2, -0.15) is 5.26 Å². The van der Waals surface area contributed by atoms with E-state index in [2.05, 4.69) is 29.9 Å². The molecular formula is C20H31N3O4S. The SMILES string of the molecule is CCOCCOC(C)(COc1cccc(C(=O)NCCNC(C)C)c1)SC#N. The minimum Gasteiger partial charge on any atom is -0.490 e. The summed E-state index contributed by atoms with van der Waals surface area (Å²) >= 11 is 0.999. The summed E-state index contributed by atoms with van der Waals surface area (Å²) in [6.45, 7) is 10.7. The Morgan fingerprint density at radius 2 is 2.11 bits per heavy atom. The third-order valence-corrected chi connectivity index (χ3v) is 4.42. The summed E-state index contributed by atoms with van der Waals surface area (Å²) in [5.74, 6) is 0.393. The second-order valence-corrected chi connectivity index (χ2v) is 7.80. The number of ether oxygens (including phenoxy) is 3. The van der Waals surface area contributed by atoms with Crippen molar-refractivity contribution in [1.29, 1.82) is 5.26 Å². The molecule has 0 saturated carbocycles. The summed E-state index contributed by atoms with van der Waals surface area (Å²) < 4.78 is 16.8. The third-order valence-electron chi connectivity index (χ3n) is 3.66. The topological polar surface area (TPSA) is 92.6 Å². The first-order valence-corrected chi connectivity index (χ1v) is 10.2. The number of thioether (sulfide) groups is 1. The van der Waals surface area contributed by atoms with Gasteiger partial charge in [-0.05, 0) is 43.8 Å². The predicted molar refractivity (Wildman–Crippen MR) is 111 cm³/mol. The standard InChI is InChI=1S/C20H31N3O4S/c1-5-25-11-12-27-20(4,28-15-21)14-26-18-8-6-7-17(13-18)19(24)23-10-9-22-16(2)3/h6-8,13,16,22H,5,9-12,14H2,1-4H3,(H,23,24). The largest absolute Gasteiger partial charge is 0.490 e. The van der Waals surface area contributed by atoms with Crippen LogP contribution < -0.4 is 15.4 Å². The number of rotatable bonds is 14. The molecule has 2 N–H and O–H groups in total. The fourth-order valence-electron chi connectivity index (χ4n) is 2.24. The van der Waals surface area contributed by atoms with Crippen molar-refractivity contribution in [3.8, 4) is 11.2 Å². The number of nitriles is 1. The first-order valence-electron chi connectivity index (χ1n) is 9.43. The predicted octanol–water partition coefficient (Wildman–Crippen LogP) is 2.78. The van der Waals surface area contributed by atoms with Gasteiger partial charge in [-0.25, -0.2) is 0 Å². The van der Waals surface area contributed by atoms with Crippen LogP contribution in [0.3, 0.4) is 0 Å². The number of hydrogen-bond acceptors (Lipinski definition) is 7. The molecule has 1 atom stereocenters. The molecule has 0 fully saturated rings. The lowest BCUT2D eigenvalue weighted by atomic mass is 10.2. The number of benzene rings is 1. The summed E-state index contributed by atoms with van der Waals surface area (Å²) in [6.07, 6.45) is 0. The quantitative estimate of drug-likeness (QED) is 0.277. The smallest absolute Gasteiger partial charge is 0.251 e. The first-order chi connectivity index (χ1) is 13.4. The Morgan fingerprint density at radius 1 is 1.32 bits per heavy atom. The molecular weight excluding hydrogens is 378 g/mol. The number of nitrogens with zero attached hydrogens (tertiary/aromatic N) is 1. The van der Waals surface area contributed by atoms with Gasteiger partial charge in [-0.3, -0.25) is 4.79 Å². The summed E-state index contributed by atoms with van der Waals surface area (Å²) in [7, 11) is 0. The number of thiocyanates is 1. The second-order valence-electron chi connectivity index (χ2n) is 6.55. The van der Waals surface area contributed by atoms with Crippen molar-refractivity contribution in [3.05, 3.63) is 29.8 Å². The van der Waals surface area contributed by atoms with Gasteiger partial charge in [0.25, 0.3) is 5.91 Å². The van der Waals surface area contributed by atoms with Crippen molar-refractivity contribution in [1.82, 2.24) is 10.6 Å². The van der Waals surface area contributed by atoms with E-state index in [4.69, 9.17) is 19.5 Å². The monoisotopic (exact) mass is 409 g/mol. The highest BCUT2D eigenvalue weighted by atomic mass is 32.2. The van der Waals surface area contributed by atoms with Crippen LogP contribution in [0.15, 0.2) is 24.3 Å². The van der Waals surface area contributed by atoms with E-state index in [0.717, 1.165) is 11.8 Å². The lowest BCUT2D eigenvalue weighted by Gasteiger charge is -2.26. The number of carbonyl (C=O) groups is 1. The zero-order valence-electron chi connectivity index (χ0n) is 17.1. The highest BCUT2D eigenvalue weighted by Crippen LogP contribution is 2.27. The van der Waals surface area contributed by atoms with E-state index in [1.807, 2.05) is 6.92 Å². The molecule has 1 unspecified atom stereocenters. The lowest BCUT2D eigenvalue weighted by Crippen LogP contribution is -2.34. The van der Waals surface area contributed by atoms with Crippen molar-refractivity contribution < 1.29 is 19.0 Å². The normalized spacial score (nSPS) is 13.0. The molecule has 0 saturated heterocycles. The van der Waals surface area contributed by atoms with Crippen LogP contribution in [0.2, 0.25) is 0 Å². The second kappa shape index (κ2) is 13.4. The fourth-order valence-corrected chi connectivity index (χ4v) is 2.69. The van der Waals surface area contributed by atoms with Crippen LogP contribution in [0.5, 0.6) is 5.75 Å².